The Kier molecular flexibility index (Phi) is 3.61. The molecule has 1 aromatic carbocycles. The van der Waals surface area contributed by atoms with Crippen LogP contribution in [0, 0.1) is 11.3 Å². The van der Waals surface area contributed by atoms with Crippen molar-refractivity contribution in [2.45, 2.75) is 38.5 Å². The molecule has 0 amide bonds. The first kappa shape index (κ1) is 15.2. The van der Waals surface area contributed by atoms with Crippen LogP contribution in [-0.2, 0) is 11.8 Å². The number of benzene rings is 1. The van der Waals surface area contributed by atoms with E-state index in [1.165, 1.54) is 0 Å². The largest absolute Gasteiger partial charge is 0.420 e. The number of nitriles is 1. The minimum atomic E-state index is -0.154. The van der Waals surface area contributed by atoms with Gasteiger partial charge in [-0.3, -0.25) is 5.10 Å². The molecule has 3 rings (SSSR count). The fourth-order valence-electron chi connectivity index (χ4n) is 2.97. The van der Waals surface area contributed by atoms with E-state index in [9.17, 15) is 5.26 Å². The van der Waals surface area contributed by atoms with Gasteiger partial charge in [0, 0.05) is 22.6 Å². The van der Waals surface area contributed by atoms with E-state index in [1.807, 2.05) is 18.2 Å². The Morgan fingerprint density at radius 1 is 1.30 bits per heavy atom. The fraction of sp³-hybridized carbons (Fsp3) is 0.333. The van der Waals surface area contributed by atoms with Crippen LogP contribution in [0.2, 0.25) is 0 Å². The summed E-state index contributed by atoms with van der Waals surface area (Å²) in [6, 6.07) is 12.3. The van der Waals surface area contributed by atoms with E-state index in [-0.39, 0.29) is 17.2 Å². The molecule has 0 aliphatic carbocycles. The monoisotopic (exact) mass is 308 g/mol. The number of allylic oxidation sites excluding steroid dienone is 1. The summed E-state index contributed by atoms with van der Waals surface area (Å²) in [5, 5.41) is 16.9. The molecule has 0 unspecified atom stereocenters. The molecule has 0 spiro atoms. The van der Waals surface area contributed by atoms with E-state index in [1.54, 1.807) is 0 Å². The van der Waals surface area contributed by atoms with Crippen LogP contribution < -0.4 is 10.5 Å². The van der Waals surface area contributed by atoms with Gasteiger partial charge in [-0.1, -0.05) is 51.1 Å². The molecule has 0 fully saturated rings. The zero-order chi connectivity index (χ0) is 16.6. The summed E-state index contributed by atoms with van der Waals surface area (Å²) < 4.78 is 5.57. The van der Waals surface area contributed by atoms with Crippen molar-refractivity contribution in [2.24, 2.45) is 5.73 Å². The number of hydrogen-bond acceptors (Lipinski definition) is 4. The number of ether oxygens (including phenoxy) is 1. The van der Waals surface area contributed by atoms with Crippen molar-refractivity contribution in [3.63, 3.8) is 0 Å². The molecule has 0 bridgehead atoms. The fourth-order valence-corrected chi connectivity index (χ4v) is 2.97. The van der Waals surface area contributed by atoms with Gasteiger partial charge >= 0.3 is 0 Å². The predicted molar refractivity (Wildman–Crippen MR) is 87.6 cm³/mol. The second-order valence-corrected chi connectivity index (χ2v) is 6.80. The van der Waals surface area contributed by atoms with Gasteiger partial charge in [-0.15, -0.1) is 5.10 Å². The summed E-state index contributed by atoms with van der Waals surface area (Å²) >= 11 is 0. The molecule has 1 aromatic heterocycles. The molecule has 1 aliphatic heterocycles. The smallest absolute Gasteiger partial charge is 0.243 e. The van der Waals surface area contributed by atoms with Gasteiger partial charge in [-0.05, 0) is 12.0 Å². The van der Waals surface area contributed by atoms with Crippen molar-refractivity contribution in [1.82, 2.24) is 10.2 Å². The summed E-state index contributed by atoms with van der Waals surface area (Å²) in [5.41, 5.74) is 9.34. The lowest BCUT2D eigenvalue weighted by Crippen LogP contribution is -2.24. The Morgan fingerprint density at radius 2 is 2.00 bits per heavy atom. The number of aromatic amines is 1. The predicted octanol–water partition coefficient (Wildman–Crippen LogP) is 3.12. The van der Waals surface area contributed by atoms with Crippen LogP contribution in [0.1, 0.15) is 43.5 Å². The second kappa shape index (κ2) is 5.47. The zero-order valence-electron chi connectivity index (χ0n) is 13.6. The Labute approximate surface area is 135 Å². The molecule has 0 radical (unpaired) electrons. The van der Waals surface area contributed by atoms with Crippen molar-refractivity contribution in [3.8, 4) is 11.9 Å². The van der Waals surface area contributed by atoms with Crippen molar-refractivity contribution in [1.29, 1.82) is 5.26 Å². The first-order valence-corrected chi connectivity index (χ1v) is 7.62. The van der Waals surface area contributed by atoms with Gasteiger partial charge < -0.3 is 10.5 Å². The highest BCUT2D eigenvalue weighted by Crippen LogP contribution is 2.43. The molecule has 0 saturated heterocycles. The number of nitrogens with zero attached hydrogens (tertiary/aromatic N) is 2. The van der Waals surface area contributed by atoms with E-state index < -0.39 is 0 Å². The summed E-state index contributed by atoms with van der Waals surface area (Å²) in [7, 11) is 0. The van der Waals surface area contributed by atoms with Crippen LogP contribution in [-0.4, -0.2) is 10.2 Å². The molecule has 3 N–H and O–H groups in total. The van der Waals surface area contributed by atoms with Crippen molar-refractivity contribution in [2.75, 3.05) is 0 Å². The summed E-state index contributed by atoms with van der Waals surface area (Å²) in [5.74, 6) is 0.472. The third-order valence-corrected chi connectivity index (χ3v) is 4.09. The van der Waals surface area contributed by atoms with Crippen LogP contribution in [0.3, 0.4) is 0 Å². The van der Waals surface area contributed by atoms with Crippen LogP contribution in [0.15, 0.2) is 41.8 Å². The lowest BCUT2D eigenvalue weighted by molar-refractivity contribution is 0.373. The Bertz CT molecular complexity index is 791. The molecule has 2 aromatic rings. The summed E-state index contributed by atoms with van der Waals surface area (Å²) in [6.07, 6.45) is 0.684. The number of H-pyrrole nitrogens is 1. The van der Waals surface area contributed by atoms with Gasteiger partial charge in [0.05, 0.1) is 5.57 Å². The SMILES string of the molecule is CC(C)(C)c1[nH]nc2c1[C@H](Cc1ccccc1)C(C#N)=C(N)O2. The van der Waals surface area contributed by atoms with Crippen molar-refractivity contribution < 1.29 is 4.74 Å². The highest BCUT2D eigenvalue weighted by molar-refractivity contribution is 5.51. The molecule has 23 heavy (non-hydrogen) atoms. The number of hydrogen-bond donors (Lipinski definition) is 2. The summed E-state index contributed by atoms with van der Waals surface area (Å²) in [6.45, 7) is 6.32. The number of rotatable bonds is 2. The highest BCUT2D eigenvalue weighted by atomic mass is 16.5. The van der Waals surface area contributed by atoms with Gasteiger partial charge in [0.15, 0.2) is 0 Å². The average Bonchev–Trinajstić information content (AvgIpc) is 2.92. The van der Waals surface area contributed by atoms with Crippen LogP contribution in [0.5, 0.6) is 5.88 Å². The molecule has 0 saturated carbocycles. The van der Waals surface area contributed by atoms with Gasteiger partial charge in [-0.2, -0.15) is 5.26 Å². The van der Waals surface area contributed by atoms with E-state index in [4.69, 9.17) is 10.5 Å². The Hall–Kier alpha value is -2.74. The van der Waals surface area contributed by atoms with E-state index in [0.717, 1.165) is 16.8 Å². The Balaban J connectivity index is 2.12. The molecular weight excluding hydrogens is 288 g/mol. The van der Waals surface area contributed by atoms with Crippen molar-refractivity contribution in [3.05, 3.63) is 58.6 Å². The zero-order valence-corrected chi connectivity index (χ0v) is 13.6. The third kappa shape index (κ3) is 2.68. The number of fused-ring (bicyclic) bond motifs is 1. The van der Waals surface area contributed by atoms with E-state index in [2.05, 4.69) is 49.2 Å². The number of nitrogens with two attached hydrogens (primary N) is 1. The normalized spacial score (nSPS) is 17.4. The average molecular weight is 308 g/mol. The second-order valence-electron chi connectivity index (χ2n) is 6.80. The maximum absolute atomic E-state index is 9.57. The Morgan fingerprint density at radius 3 is 2.61 bits per heavy atom. The van der Waals surface area contributed by atoms with Crippen LogP contribution >= 0.6 is 0 Å². The highest BCUT2D eigenvalue weighted by Gasteiger charge is 2.36. The first-order valence-electron chi connectivity index (χ1n) is 7.62. The first-order chi connectivity index (χ1) is 10.9. The molecule has 2 heterocycles. The molecular formula is C18H20N4O. The van der Waals surface area contributed by atoms with E-state index in [0.29, 0.717) is 17.9 Å². The summed E-state index contributed by atoms with van der Waals surface area (Å²) in [4.78, 5) is 0. The van der Waals surface area contributed by atoms with Crippen LogP contribution in [0.25, 0.3) is 0 Å². The third-order valence-electron chi connectivity index (χ3n) is 4.09. The molecule has 1 aliphatic rings. The standard InChI is InChI=1S/C18H20N4O/c1-18(2,3)15-14-12(9-11-7-5-4-6-8-11)13(10-19)16(20)23-17(14)22-21-15/h4-8,12H,9,20H2,1-3H3,(H,21,22)/t12-/m1/s1. The molecule has 1 atom stereocenters. The van der Waals surface area contributed by atoms with Crippen molar-refractivity contribution >= 4 is 0 Å². The minimum Gasteiger partial charge on any atom is -0.420 e. The maximum Gasteiger partial charge on any atom is 0.243 e. The molecule has 118 valence electrons. The quantitative estimate of drug-likeness (QED) is 0.892. The van der Waals surface area contributed by atoms with Crippen LogP contribution in [0.4, 0.5) is 0 Å². The van der Waals surface area contributed by atoms with Gasteiger partial charge in [0.1, 0.15) is 6.07 Å². The number of nitrogens with one attached hydrogen (secondary N) is 1. The number of aromatic nitrogens is 2. The van der Waals surface area contributed by atoms with Gasteiger partial charge in [0.2, 0.25) is 11.8 Å². The minimum absolute atomic E-state index is 0.133. The van der Waals surface area contributed by atoms with E-state index >= 15 is 0 Å². The van der Waals surface area contributed by atoms with Gasteiger partial charge in [0.25, 0.3) is 0 Å². The topological polar surface area (TPSA) is 87.7 Å². The lowest BCUT2D eigenvalue weighted by Gasteiger charge is -2.27. The molecule has 5 nitrogen and oxygen atoms in total. The maximum atomic E-state index is 9.57. The lowest BCUT2D eigenvalue weighted by atomic mass is 9.79. The van der Waals surface area contributed by atoms with Gasteiger partial charge in [-0.25, -0.2) is 0 Å². The molecule has 5 heteroatoms.